The Balaban J connectivity index is 1.93. The van der Waals surface area contributed by atoms with Gasteiger partial charge in [0.2, 0.25) is 11.8 Å². The molecule has 0 unspecified atom stereocenters. The predicted molar refractivity (Wildman–Crippen MR) is 115 cm³/mol. The first kappa shape index (κ1) is 20.3. The SMILES string of the molecule is CCN(CC)c1nc(C)c(NC(=O)c2ccccc2)c(OCc2ccccc2)n1. The molecule has 0 aliphatic rings. The molecule has 3 aromatic rings. The van der Waals surface area contributed by atoms with Gasteiger partial charge in [-0.05, 0) is 38.5 Å². The molecule has 1 N–H and O–H groups in total. The highest BCUT2D eigenvalue weighted by molar-refractivity contribution is 6.05. The quantitative estimate of drug-likeness (QED) is 0.615. The fraction of sp³-hybridized carbons (Fsp3) is 0.261. The molecule has 3 rings (SSSR count). The summed E-state index contributed by atoms with van der Waals surface area (Å²) in [5.41, 5.74) is 2.74. The third-order valence-corrected chi connectivity index (χ3v) is 4.58. The van der Waals surface area contributed by atoms with Crippen molar-refractivity contribution >= 4 is 17.5 Å². The summed E-state index contributed by atoms with van der Waals surface area (Å²) in [6.07, 6.45) is 0. The maximum atomic E-state index is 12.7. The lowest BCUT2D eigenvalue weighted by Crippen LogP contribution is -2.25. The van der Waals surface area contributed by atoms with Gasteiger partial charge < -0.3 is 15.0 Å². The number of amides is 1. The molecule has 0 saturated carbocycles. The van der Waals surface area contributed by atoms with E-state index in [1.165, 1.54) is 0 Å². The van der Waals surface area contributed by atoms with Gasteiger partial charge in [-0.25, -0.2) is 4.98 Å². The van der Waals surface area contributed by atoms with Crippen molar-refractivity contribution in [1.29, 1.82) is 0 Å². The van der Waals surface area contributed by atoms with E-state index in [1.54, 1.807) is 12.1 Å². The highest BCUT2D eigenvalue weighted by Crippen LogP contribution is 2.29. The molecule has 150 valence electrons. The number of rotatable bonds is 8. The maximum absolute atomic E-state index is 12.7. The van der Waals surface area contributed by atoms with Crippen LogP contribution in [0.4, 0.5) is 11.6 Å². The highest BCUT2D eigenvalue weighted by Gasteiger charge is 2.19. The number of nitrogens with zero attached hydrogens (tertiary/aromatic N) is 3. The first-order valence-electron chi connectivity index (χ1n) is 9.79. The molecule has 1 aromatic heterocycles. The van der Waals surface area contributed by atoms with Crippen LogP contribution in [0.15, 0.2) is 60.7 Å². The number of hydrogen-bond acceptors (Lipinski definition) is 5. The third kappa shape index (κ3) is 5.10. The largest absolute Gasteiger partial charge is 0.471 e. The second-order valence-electron chi connectivity index (χ2n) is 6.56. The van der Waals surface area contributed by atoms with E-state index >= 15 is 0 Å². The zero-order chi connectivity index (χ0) is 20.6. The Morgan fingerprint density at radius 3 is 2.21 bits per heavy atom. The normalized spacial score (nSPS) is 10.4. The van der Waals surface area contributed by atoms with Crippen molar-refractivity contribution in [2.45, 2.75) is 27.4 Å². The van der Waals surface area contributed by atoms with Crippen LogP contribution in [0.1, 0.15) is 35.5 Å². The molecule has 0 saturated heterocycles. The lowest BCUT2D eigenvalue weighted by molar-refractivity contribution is 0.102. The van der Waals surface area contributed by atoms with Gasteiger partial charge in [0, 0.05) is 18.7 Å². The van der Waals surface area contributed by atoms with Gasteiger partial charge in [0.05, 0.1) is 5.69 Å². The van der Waals surface area contributed by atoms with E-state index in [1.807, 2.05) is 60.4 Å². The number of carbonyl (C=O) groups is 1. The molecule has 0 fully saturated rings. The van der Waals surface area contributed by atoms with Gasteiger partial charge in [-0.15, -0.1) is 0 Å². The Labute approximate surface area is 171 Å². The molecule has 29 heavy (non-hydrogen) atoms. The van der Waals surface area contributed by atoms with Gasteiger partial charge in [-0.1, -0.05) is 48.5 Å². The Morgan fingerprint density at radius 2 is 1.59 bits per heavy atom. The zero-order valence-electron chi connectivity index (χ0n) is 17.1. The zero-order valence-corrected chi connectivity index (χ0v) is 17.1. The third-order valence-electron chi connectivity index (χ3n) is 4.58. The van der Waals surface area contributed by atoms with Gasteiger partial charge in [-0.2, -0.15) is 4.98 Å². The Bertz CT molecular complexity index is 942. The summed E-state index contributed by atoms with van der Waals surface area (Å²) in [5, 5.41) is 2.93. The second kappa shape index (κ2) is 9.68. The predicted octanol–water partition coefficient (Wildman–Crippen LogP) is 4.46. The number of nitrogens with one attached hydrogen (secondary N) is 1. The Morgan fingerprint density at radius 1 is 0.966 bits per heavy atom. The Kier molecular flexibility index (Phi) is 6.79. The topological polar surface area (TPSA) is 67.4 Å². The molecule has 1 amide bonds. The summed E-state index contributed by atoms with van der Waals surface area (Å²) in [4.78, 5) is 24.0. The number of benzene rings is 2. The van der Waals surface area contributed by atoms with Crippen LogP contribution in [0.25, 0.3) is 0 Å². The van der Waals surface area contributed by atoms with Crippen molar-refractivity contribution in [2.75, 3.05) is 23.3 Å². The van der Waals surface area contributed by atoms with Crippen LogP contribution >= 0.6 is 0 Å². The van der Waals surface area contributed by atoms with Crippen LogP contribution in [0.5, 0.6) is 5.88 Å². The summed E-state index contributed by atoms with van der Waals surface area (Å²) in [6.45, 7) is 7.87. The molecular formula is C23H26N4O2. The van der Waals surface area contributed by atoms with Gasteiger partial charge in [0.25, 0.3) is 5.91 Å². The molecule has 1 heterocycles. The summed E-state index contributed by atoms with van der Waals surface area (Å²) < 4.78 is 6.03. The van der Waals surface area contributed by atoms with Crippen molar-refractivity contribution in [1.82, 2.24) is 9.97 Å². The van der Waals surface area contributed by atoms with Crippen molar-refractivity contribution in [2.24, 2.45) is 0 Å². The average molecular weight is 390 g/mol. The van der Waals surface area contributed by atoms with Gasteiger partial charge >= 0.3 is 0 Å². The maximum Gasteiger partial charge on any atom is 0.255 e. The Hall–Kier alpha value is -3.41. The summed E-state index contributed by atoms with van der Waals surface area (Å²) >= 11 is 0. The van der Waals surface area contributed by atoms with E-state index in [4.69, 9.17) is 4.74 Å². The number of ether oxygens (including phenoxy) is 1. The van der Waals surface area contributed by atoms with Gasteiger partial charge in [0.1, 0.15) is 12.3 Å². The molecule has 0 spiro atoms. The summed E-state index contributed by atoms with van der Waals surface area (Å²) in [5.74, 6) is 0.734. The van der Waals surface area contributed by atoms with Crippen molar-refractivity contribution in [3.63, 3.8) is 0 Å². The molecule has 0 radical (unpaired) electrons. The van der Waals surface area contributed by atoms with E-state index < -0.39 is 0 Å². The fourth-order valence-electron chi connectivity index (χ4n) is 2.93. The van der Waals surface area contributed by atoms with Gasteiger partial charge in [-0.3, -0.25) is 4.79 Å². The lowest BCUT2D eigenvalue weighted by atomic mass is 10.2. The van der Waals surface area contributed by atoms with Gasteiger partial charge in [0.15, 0.2) is 0 Å². The number of aryl methyl sites for hydroxylation is 1. The fourth-order valence-corrected chi connectivity index (χ4v) is 2.93. The minimum absolute atomic E-state index is 0.225. The first-order valence-corrected chi connectivity index (χ1v) is 9.79. The first-order chi connectivity index (χ1) is 14.1. The van der Waals surface area contributed by atoms with Crippen molar-refractivity contribution in [3.8, 4) is 5.88 Å². The van der Waals surface area contributed by atoms with Crippen LogP contribution in [0.3, 0.4) is 0 Å². The van der Waals surface area contributed by atoms with E-state index in [9.17, 15) is 4.79 Å². The standard InChI is InChI=1S/C23H26N4O2/c1-4-27(5-2)23-24-17(3)20(25-21(28)19-14-10-7-11-15-19)22(26-23)29-16-18-12-8-6-9-13-18/h6-15H,4-5,16H2,1-3H3,(H,25,28). The highest BCUT2D eigenvalue weighted by atomic mass is 16.5. The molecule has 6 heteroatoms. The van der Waals surface area contributed by atoms with Crippen molar-refractivity contribution in [3.05, 3.63) is 77.5 Å². The summed E-state index contributed by atoms with van der Waals surface area (Å²) in [7, 11) is 0. The second-order valence-corrected chi connectivity index (χ2v) is 6.56. The van der Waals surface area contributed by atoms with Crippen LogP contribution in [0.2, 0.25) is 0 Å². The number of carbonyl (C=O) groups excluding carboxylic acids is 1. The van der Waals surface area contributed by atoms with E-state index in [0.717, 1.165) is 18.7 Å². The lowest BCUT2D eigenvalue weighted by Gasteiger charge is -2.21. The minimum atomic E-state index is -0.225. The number of anilines is 2. The van der Waals surface area contributed by atoms with Crippen LogP contribution in [-0.4, -0.2) is 29.0 Å². The molecule has 0 aliphatic heterocycles. The molecule has 2 aromatic carbocycles. The molecule has 0 aliphatic carbocycles. The number of hydrogen-bond donors (Lipinski definition) is 1. The molecule has 0 atom stereocenters. The van der Waals surface area contributed by atoms with E-state index in [2.05, 4.69) is 29.1 Å². The van der Waals surface area contributed by atoms with Crippen LogP contribution < -0.4 is 15.0 Å². The number of aromatic nitrogens is 2. The monoisotopic (exact) mass is 390 g/mol. The van der Waals surface area contributed by atoms with Crippen LogP contribution in [-0.2, 0) is 6.61 Å². The van der Waals surface area contributed by atoms with E-state index in [-0.39, 0.29) is 5.91 Å². The summed E-state index contributed by atoms with van der Waals surface area (Å²) in [6, 6.07) is 18.9. The smallest absolute Gasteiger partial charge is 0.255 e. The van der Waals surface area contributed by atoms with Crippen molar-refractivity contribution < 1.29 is 9.53 Å². The molecule has 0 bridgehead atoms. The van der Waals surface area contributed by atoms with E-state index in [0.29, 0.717) is 35.4 Å². The van der Waals surface area contributed by atoms with Crippen LogP contribution in [0, 0.1) is 6.92 Å². The molecular weight excluding hydrogens is 364 g/mol. The average Bonchev–Trinajstić information content (AvgIpc) is 2.76. The molecule has 6 nitrogen and oxygen atoms in total. The minimum Gasteiger partial charge on any atom is -0.471 e.